The van der Waals surface area contributed by atoms with Crippen molar-refractivity contribution >= 4 is 66.7 Å². The van der Waals surface area contributed by atoms with Crippen molar-refractivity contribution in [2.75, 3.05) is 10.8 Å². The van der Waals surface area contributed by atoms with Gasteiger partial charge in [0.25, 0.3) is 10.0 Å². The third-order valence-electron chi connectivity index (χ3n) is 7.17. The molecule has 7 nitrogen and oxygen atoms in total. The Hall–Kier alpha value is -2.59. The zero-order valence-electron chi connectivity index (χ0n) is 22.6. The Bertz CT molecular complexity index is 1470. The second-order valence-electron chi connectivity index (χ2n) is 9.97. The lowest BCUT2D eigenvalue weighted by molar-refractivity contribution is -0.140. The molecule has 0 spiro atoms. The molecule has 41 heavy (non-hydrogen) atoms. The maximum atomic E-state index is 14.2. The van der Waals surface area contributed by atoms with Crippen LogP contribution in [0, 0.1) is 0 Å². The monoisotopic (exact) mass is 679 g/mol. The molecule has 11 heteroatoms. The van der Waals surface area contributed by atoms with Crippen LogP contribution >= 0.6 is 39.1 Å². The third kappa shape index (κ3) is 7.83. The van der Waals surface area contributed by atoms with Crippen LogP contribution in [0.25, 0.3) is 0 Å². The maximum Gasteiger partial charge on any atom is 0.264 e. The van der Waals surface area contributed by atoms with E-state index in [0.29, 0.717) is 27.7 Å². The van der Waals surface area contributed by atoms with E-state index in [4.69, 9.17) is 23.2 Å². The summed E-state index contributed by atoms with van der Waals surface area (Å²) in [4.78, 5) is 29.2. The van der Waals surface area contributed by atoms with E-state index in [2.05, 4.69) is 21.2 Å². The quantitative estimate of drug-likeness (QED) is 0.241. The lowest BCUT2D eigenvalue weighted by atomic mass is 10.1. The van der Waals surface area contributed by atoms with Crippen molar-refractivity contribution in [3.63, 3.8) is 0 Å². The van der Waals surface area contributed by atoms with Crippen LogP contribution in [0.3, 0.4) is 0 Å². The number of rotatable bonds is 11. The Kier molecular flexibility index (Phi) is 10.7. The van der Waals surface area contributed by atoms with Crippen molar-refractivity contribution in [3.8, 4) is 0 Å². The first-order chi connectivity index (χ1) is 19.6. The summed E-state index contributed by atoms with van der Waals surface area (Å²) in [6.07, 6.45) is 4.21. The zero-order valence-corrected chi connectivity index (χ0v) is 26.5. The summed E-state index contributed by atoms with van der Waals surface area (Å²) < 4.78 is 29.6. The van der Waals surface area contributed by atoms with Crippen LogP contribution < -0.4 is 9.62 Å². The molecule has 1 atom stereocenters. The highest BCUT2D eigenvalue weighted by Crippen LogP contribution is 2.28. The normalized spacial score (nSPS) is 14.4. The van der Waals surface area contributed by atoms with Gasteiger partial charge in [0, 0.05) is 27.1 Å². The molecule has 0 aliphatic heterocycles. The van der Waals surface area contributed by atoms with E-state index >= 15 is 0 Å². The maximum absolute atomic E-state index is 14.2. The van der Waals surface area contributed by atoms with Crippen LogP contribution in [0.15, 0.2) is 82.2 Å². The minimum atomic E-state index is -4.13. The van der Waals surface area contributed by atoms with Crippen molar-refractivity contribution in [2.24, 2.45) is 0 Å². The third-order valence-corrected chi connectivity index (χ3v) is 10.1. The van der Waals surface area contributed by atoms with Gasteiger partial charge in [-0.3, -0.25) is 13.9 Å². The highest BCUT2D eigenvalue weighted by molar-refractivity contribution is 9.10. The number of anilines is 1. The SMILES string of the molecule is CCC(C(=O)NC1CCCC1)N(Cc1ccc(Cl)cc1Cl)C(=O)CN(c1ccc(Br)cc1)S(=O)(=O)c1ccccc1. The molecule has 0 aromatic heterocycles. The molecular formula is C30H32BrCl2N3O4S. The highest BCUT2D eigenvalue weighted by atomic mass is 79.9. The summed E-state index contributed by atoms with van der Waals surface area (Å²) in [6.45, 7) is 1.32. The van der Waals surface area contributed by atoms with Crippen LogP contribution in [0.4, 0.5) is 5.69 Å². The Morgan fingerprint density at radius 1 is 1.00 bits per heavy atom. The number of nitrogens with one attached hydrogen (secondary N) is 1. The van der Waals surface area contributed by atoms with E-state index in [9.17, 15) is 18.0 Å². The Morgan fingerprint density at radius 2 is 1.66 bits per heavy atom. The molecule has 1 aliphatic rings. The minimum Gasteiger partial charge on any atom is -0.352 e. The number of carbonyl (C=O) groups is 2. The molecule has 0 radical (unpaired) electrons. The largest absolute Gasteiger partial charge is 0.352 e. The van der Waals surface area contributed by atoms with Crippen LogP contribution in [0.1, 0.15) is 44.6 Å². The smallest absolute Gasteiger partial charge is 0.264 e. The first-order valence-electron chi connectivity index (χ1n) is 13.5. The van der Waals surface area contributed by atoms with E-state index in [0.717, 1.165) is 34.5 Å². The van der Waals surface area contributed by atoms with Crippen LogP contribution in [-0.4, -0.2) is 43.8 Å². The van der Waals surface area contributed by atoms with Gasteiger partial charge in [-0.1, -0.05) is 83.2 Å². The van der Waals surface area contributed by atoms with Gasteiger partial charge >= 0.3 is 0 Å². The van der Waals surface area contributed by atoms with Gasteiger partial charge in [-0.2, -0.15) is 0 Å². The lowest BCUT2D eigenvalue weighted by Crippen LogP contribution is -2.53. The fraction of sp³-hybridized carbons (Fsp3) is 0.333. The Balaban J connectivity index is 1.72. The van der Waals surface area contributed by atoms with Crippen molar-refractivity contribution in [1.29, 1.82) is 0 Å². The van der Waals surface area contributed by atoms with E-state index < -0.39 is 28.5 Å². The van der Waals surface area contributed by atoms with Crippen molar-refractivity contribution in [1.82, 2.24) is 10.2 Å². The summed E-state index contributed by atoms with van der Waals surface area (Å²) in [7, 11) is -4.13. The van der Waals surface area contributed by atoms with Gasteiger partial charge in [0.1, 0.15) is 12.6 Å². The predicted octanol–water partition coefficient (Wildman–Crippen LogP) is 6.82. The highest BCUT2D eigenvalue weighted by Gasteiger charge is 2.34. The fourth-order valence-corrected chi connectivity index (χ4v) is 7.14. The van der Waals surface area contributed by atoms with Crippen molar-refractivity contribution in [3.05, 3.63) is 92.9 Å². The molecule has 0 saturated heterocycles. The molecule has 0 bridgehead atoms. The van der Waals surface area contributed by atoms with E-state index in [1.165, 1.54) is 17.0 Å². The second kappa shape index (κ2) is 14.1. The van der Waals surface area contributed by atoms with Gasteiger partial charge in [0.05, 0.1) is 10.6 Å². The number of halogens is 3. The first kappa shape index (κ1) is 31.3. The summed E-state index contributed by atoms with van der Waals surface area (Å²) in [6, 6.07) is 18.8. The summed E-state index contributed by atoms with van der Waals surface area (Å²) in [5.74, 6) is -0.800. The summed E-state index contributed by atoms with van der Waals surface area (Å²) in [5, 5.41) is 3.89. The molecule has 1 unspecified atom stereocenters. The van der Waals surface area contributed by atoms with Gasteiger partial charge in [-0.25, -0.2) is 8.42 Å². The van der Waals surface area contributed by atoms with Crippen LogP contribution in [0.5, 0.6) is 0 Å². The number of carbonyl (C=O) groups excluding carboxylic acids is 2. The van der Waals surface area contributed by atoms with E-state index in [1.807, 2.05) is 6.92 Å². The number of hydrogen-bond acceptors (Lipinski definition) is 4. The number of sulfonamides is 1. The van der Waals surface area contributed by atoms with E-state index in [-0.39, 0.29) is 23.4 Å². The predicted molar refractivity (Wildman–Crippen MR) is 167 cm³/mol. The van der Waals surface area contributed by atoms with Crippen molar-refractivity contribution < 1.29 is 18.0 Å². The number of benzene rings is 3. The number of nitrogens with zero attached hydrogens (tertiary/aromatic N) is 2. The fourth-order valence-electron chi connectivity index (χ4n) is 4.98. The average molecular weight is 681 g/mol. The van der Waals surface area contributed by atoms with Crippen LogP contribution in [-0.2, 0) is 26.2 Å². The standard InChI is InChI=1S/C30H32BrCl2N3O4S/c1-2-28(30(38)34-24-8-6-7-9-24)35(19-21-12-15-23(32)18-27(21)33)29(37)20-36(25-16-13-22(31)14-17-25)41(39,40)26-10-4-3-5-11-26/h3-5,10-18,24,28H,2,6-9,19-20H2,1H3,(H,34,38). The molecule has 0 heterocycles. The average Bonchev–Trinajstić information content (AvgIpc) is 3.46. The van der Waals surface area contributed by atoms with Gasteiger partial charge in [0.2, 0.25) is 11.8 Å². The molecule has 4 rings (SSSR count). The number of hydrogen-bond donors (Lipinski definition) is 1. The molecule has 1 saturated carbocycles. The molecule has 3 aromatic carbocycles. The molecular weight excluding hydrogens is 649 g/mol. The summed E-state index contributed by atoms with van der Waals surface area (Å²) >= 11 is 16.0. The molecule has 1 fully saturated rings. The van der Waals surface area contributed by atoms with Gasteiger partial charge in [-0.15, -0.1) is 0 Å². The van der Waals surface area contributed by atoms with Crippen molar-refractivity contribution in [2.45, 2.75) is 62.6 Å². The Morgan fingerprint density at radius 3 is 2.27 bits per heavy atom. The topological polar surface area (TPSA) is 86.8 Å². The molecule has 218 valence electrons. The van der Waals surface area contributed by atoms with Gasteiger partial charge in [0.15, 0.2) is 0 Å². The molecule has 1 aliphatic carbocycles. The van der Waals surface area contributed by atoms with Gasteiger partial charge in [-0.05, 0) is 73.4 Å². The van der Waals surface area contributed by atoms with E-state index in [1.54, 1.807) is 60.7 Å². The number of amides is 2. The minimum absolute atomic E-state index is 0.00495. The van der Waals surface area contributed by atoms with Crippen LogP contribution in [0.2, 0.25) is 10.0 Å². The molecule has 3 aromatic rings. The second-order valence-corrected chi connectivity index (χ2v) is 13.6. The van der Waals surface area contributed by atoms with Gasteiger partial charge < -0.3 is 10.2 Å². The zero-order chi connectivity index (χ0) is 29.6. The molecule has 2 amide bonds. The Labute approximate surface area is 260 Å². The molecule has 1 N–H and O–H groups in total. The first-order valence-corrected chi connectivity index (χ1v) is 16.5. The summed E-state index contributed by atoms with van der Waals surface area (Å²) in [5.41, 5.74) is 0.913. The lowest BCUT2D eigenvalue weighted by Gasteiger charge is -2.34.